The highest BCUT2D eigenvalue weighted by atomic mass is 16.3. The first kappa shape index (κ1) is 25.8. The summed E-state index contributed by atoms with van der Waals surface area (Å²) >= 11 is 0. The summed E-state index contributed by atoms with van der Waals surface area (Å²) in [5.74, 6) is 0. The number of para-hydroxylation sites is 2. The normalized spacial score (nSPS) is 12.8. The van der Waals surface area contributed by atoms with Crippen molar-refractivity contribution in [3.63, 3.8) is 0 Å². The quantitative estimate of drug-likeness (QED) is 0.180. The molecule has 0 aliphatic heterocycles. The van der Waals surface area contributed by atoms with Gasteiger partial charge in [-0.05, 0) is 100 Å². The molecule has 0 aliphatic carbocycles. The Bertz CT molecular complexity index is 3340. The zero-order valence-corrected chi connectivity index (χ0v) is 28.5. The van der Waals surface area contributed by atoms with Crippen LogP contribution in [0.4, 0.5) is 17.1 Å². The van der Waals surface area contributed by atoms with Crippen LogP contribution >= 0.6 is 0 Å². The van der Waals surface area contributed by atoms with Crippen LogP contribution in [0, 0.1) is 0 Å². The van der Waals surface area contributed by atoms with Gasteiger partial charge in [0.15, 0.2) is 0 Å². The fourth-order valence-corrected chi connectivity index (χ4v) is 7.97. The lowest BCUT2D eigenvalue weighted by Gasteiger charge is -2.27. The molecular formula is C50H32N2O. The third-order valence-corrected chi connectivity index (χ3v) is 10.4. The molecule has 53 heavy (non-hydrogen) atoms. The second-order valence-corrected chi connectivity index (χ2v) is 13.4. The summed E-state index contributed by atoms with van der Waals surface area (Å²) in [6, 6.07) is 56.2. The Morgan fingerprint density at radius 1 is 0.453 bits per heavy atom. The van der Waals surface area contributed by atoms with Gasteiger partial charge in [0.1, 0.15) is 11.2 Å². The van der Waals surface area contributed by atoms with E-state index < -0.39 is 0 Å². The Kier molecular flexibility index (Phi) is 5.71. The average Bonchev–Trinajstić information content (AvgIpc) is 3.81. The predicted octanol–water partition coefficient (Wildman–Crippen LogP) is 14.1. The molecule has 0 radical (unpaired) electrons. The van der Waals surface area contributed by atoms with E-state index in [1.807, 2.05) is 89.8 Å². The number of fused-ring (bicyclic) bond motifs is 9. The van der Waals surface area contributed by atoms with Crippen molar-refractivity contribution in [1.82, 2.24) is 4.57 Å². The van der Waals surface area contributed by atoms with Crippen molar-refractivity contribution >= 4 is 82.4 Å². The Hall–Kier alpha value is -7.10. The van der Waals surface area contributed by atoms with Gasteiger partial charge in [0.25, 0.3) is 0 Å². The Labute approximate surface area is 311 Å². The molecule has 11 aromatic rings. The van der Waals surface area contributed by atoms with Crippen LogP contribution in [0.5, 0.6) is 0 Å². The van der Waals surface area contributed by atoms with Crippen LogP contribution in [0.3, 0.4) is 0 Å². The van der Waals surface area contributed by atoms with E-state index in [2.05, 4.69) is 89.5 Å². The molecule has 0 amide bonds. The summed E-state index contributed by atoms with van der Waals surface area (Å²) < 4.78 is 47.0. The maximum absolute atomic E-state index is 9.63. The molecule has 2 heterocycles. The van der Waals surface area contributed by atoms with E-state index in [9.17, 15) is 5.48 Å². The summed E-state index contributed by atoms with van der Waals surface area (Å²) in [5.41, 5.74) is 6.98. The van der Waals surface area contributed by atoms with E-state index in [1.165, 1.54) is 10.8 Å². The first-order valence-corrected chi connectivity index (χ1v) is 17.8. The maximum atomic E-state index is 9.63. The Morgan fingerprint density at radius 3 is 1.85 bits per heavy atom. The minimum atomic E-state index is -0.138. The zero-order valence-electron chi connectivity index (χ0n) is 32.5. The summed E-state index contributed by atoms with van der Waals surface area (Å²) in [6.45, 7) is 0. The molecule has 0 unspecified atom stereocenters. The van der Waals surface area contributed by atoms with Crippen molar-refractivity contribution in [3.05, 3.63) is 194 Å². The van der Waals surface area contributed by atoms with E-state index in [0.29, 0.717) is 22.5 Å². The van der Waals surface area contributed by atoms with Crippen molar-refractivity contribution in [2.45, 2.75) is 0 Å². The van der Waals surface area contributed by atoms with E-state index in [1.54, 1.807) is 0 Å². The smallest absolute Gasteiger partial charge is 0.143 e. The number of hydrogen-bond donors (Lipinski definition) is 0. The number of furan rings is 1. The van der Waals surface area contributed by atoms with E-state index in [-0.39, 0.29) is 35.4 Å². The molecule has 0 spiro atoms. The van der Waals surface area contributed by atoms with Crippen molar-refractivity contribution in [3.8, 4) is 16.8 Å². The monoisotopic (exact) mass is 680 g/mol. The van der Waals surface area contributed by atoms with Gasteiger partial charge in [-0.25, -0.2) is 0 Å². The van der Waals surface area contributed by atoms with Crippen LogP contribution in [0.15, 0.2) is 198 Å². The van der Waals surface area contributed by atoms with Gasteiger partial charge in [-0.15, -0.1) is 0 Å². The molecule has 3 heteroatoms. The fraction of sp³-hybridized carbons (Fsp3) is 0. The molecule has 0 atom stereocenters. The first-order chi connectivity index (χ1) is 28.0. The van der Waals surface area contributed by atoms with Crippen LogP contribution in [-0.4, -0.2) is 4.57 Å². The van der Waals surface area contributed by atoms with E-state index in [4.69, 9.17) is 4.42 Å². The van der Waals surface area contributed by atoms with Crippen LogP contribution < -0.4 is 4.90 Å². The molecule has 0 saturated carbocycles. The van der Waals surface area contributed by atoms with Crippen molar-refractivity contribution in [1.29, 1.82) is 0 Å². The topological polar surface area (TPSA) is 21.3 Å². The lowest BCUT2D eigenvalue weighted by atomic mass is 10.0. The van der Waals surface area contributed by atoms with E-state index in [0.717, 1.165) is 54.6 Å². The Morgan fingerprint density at radius 2 is 1.09 bits per heavy atom. The van der Waals surface area contributed by atoms with Crippen molar-refractivity contribution in [2.75, 3.05) is 4.90 Å². The number of rotatable bonds is 5. The standard InChI is InChI=1S/C50H32N2O/c1-2-12-36-32-37(21-20-33(36)10-1)34-22-25-38(26-23-34)51(47-18-9-19-48-49(47)44-31-24-35-11-3-4-13-41(35)50(44)53-48)39-27-29-40(30-28-39)52-45-16-7-5-14-42(45)43-15-6-8-17-46(43)52/h1-32H/i22D,23D,25D,26D. The van der Waals surface area contributed by atoms with Gasteiger partial charge in [-0.3, -0.25) is 0 Å². The predicted molar refractivity (Wildman–Crippen MR) is 223 cm³/mol. The summed E-state index contributed by atoms with van der Waals surface area (Å²) in [5, 5.41) is 8.11. The van der Waals surface area contributed by atoms with Gasteiger partial charge in [0.05, 0.1) is 27.6 Å². The molecule has 0 bridgehead atoms. The molecule has 0 fully saturated rings. The first-order valence-electron chi connectivity index (χ1n) is 19.8. The van der Waals surface area contributed by atoms with Crippen LogP contribution in [0.2, 0.25) is 0 Å². The largest absolute Gasteiger partial charge is 0.455 e. The molecule has 9 aromatic carbocycles. The van der Waals surface area contributed by atoms with Gasteiger partial charge in [-0.2, -0.15) is 0 Å². The van der Waals surface area contributed by atoms with Gasteiger partial charge in [-0.1, -0.05) is 121 Å². The average molecular weight is 681 g/mol. The number of benzene rings is 9. The maximum Gasteiger partial charge on any atom is 0.143 e. The van der Waals surface area contributed by atoms with E-state index >= 15 is 0 Å². The molecular weight excluding hydrogens is 645 g/mol. The highest BCUT2D eigenvalue weighted by Crippen LogP contribution is 2.45. The molecule has 2 aromatic heterocycles. The number of hydrogen-bond acceptors (Lipinski definition) is 2. The fourth-order valence-electron chi connectivity index (χ4n) is 7.97. The minimum Gasteiger partial charge on any atom is -0.455 e. The molecule has 248 valence electrons. The zero-order chi connectivity index (χ0) is 38.4. The van der Waals surface area contributed by atoms with Gasteiger partial charge >= 0.3 is 0 Å². The van der Waals surface area contributed by atoms with Crippen molar-refractivity contribution < 1.29 is 9.90 Å². The second kappa shape index (κ2) is 11.7. The van der Waals surface area contributed by atoms with Crippen LogP contribution in [0.1, 0.15) is 5.48 Å². The third-order valence-electron chi connectivity index (χ3n) is 10.4. The lowest BCUT2D eigenvalue weighted by Crippen LogP contribution is -2.10. The number of nitrogens with zero attached hydrogens (tertiary/aromatic N) is 2. The Balaban J connectivity index is 1.16. The minimum absolute atomic E-state index is 0.108. The van der Waals surface area contributed by atoms with Gasteiger partial charge in [0.2, 0.25) is 0 Å². The number of anilines is 3. The SMILES string of the molecule is [2H]c1c([2H])c(N(c2ccc(-n3c4ccccc4c4ccccc43)cc2)c2cccc3oc4c5ccccc5ccc4c23)c([2H])c([2H])c1-c1ccc2ccccc2c1. The third kappa shape index (κ3) is 4.68. The van der Waals surface area contributed by atoms with Crippen LogP contribution in [0.25, 0.3) is 82.1 Å². The summed E-state index contributed by atoms with van der Waals surface area (Å²) in [6.07, 6.45) is 0. The summed E-state index contributed by atoms with van der Waals surface area (Å²) in [4.78, 5) is 1.87. The van der Waals surface area contributed by atoms with Crippen molar-refractivity contribution in [2.24, 2.45) is 0 Å². The molecule has 0 N–H and O–H groups in total. The number of aromatic nitrogens is 1. The molecule has 3 nitrogen and oxygen atoms in total. The molecule has 0 saturated heterocycles. The lowest BCUT2D eigenvalue weighted by molar-refractivity contribution is 0.672. The molecule has 0 aliphatic rings. The van der Waals surface area contributed by atoms with Gasteiger partial charge < -0.3 is 13.9 Å². The second-order valence-electron chi connectivity index (χ2n) is 13.4. The summed E-state index contributed by atoms with van der Waals surface area (Å²) in [7, 11) is 0. The van der Waals surface area contributed by atoms with Crippen LogP contribution in [-0.2, 0) is 0 Å². The molecule has 11 rings (SSSR count). The highest BCUT2D eigenvalue weighted by molar-refractivity contribution is 6.19. The highest BCUT2D eigenvalue weighted by Gasteiger charge is 2.21. The van der Waals surface area contributed by atoms with Gasteiger partial charge in [0, 0.05) is 38.6 Å².